The van der Waals surface area contributed by atoms with E-state index in [0.717, 1.165) is 11.3 Å². The number of ether oxygens (including phenoxy) is 1. The molecule has 1 fully saturated rings. The van der Waals surface area contributed by atoms with Crippen LogP contribution in [0.4, 0.5) is 10.1 Å². The first kappa shape index (κ1) is 17.9. The molecule has 5 nitrogen and oxygen atoms in total. The Kier molecular flexibility index (Phi) is 5.51. The number of benzene rings is 2. The molecule has 3 rings (SSSR count). The van der Waals surface area contributed by atoms with Crippen LogP contribution in [0.2, 0.25) is 0 Å². The van der Waals surface area contributed by atoms with Crippen LogP contribution in [0.25, 0.3) is 0 Å². The number of halogens is 1. The van der Waals surface area contributed by atoms with Crippen molar-refractivity contribution in [3.05, 3.63) is 59.9 Å². The lowest BCUT2D eigenvalue weighted by atomic mass is 10.1. The van der Waals surface area contributed by atoms with Gasteiger partial charge in [0.25, 0.3) is 0 Å². The molecule has 2 aromatic rings. The molecule has 0 heterocycles. The van der Waals surface area contributed by atoms with Gasteiger partial charge in [0.1, 0.15) is 11.6 Å². The molecule has 136 valence electrons. The first-order valence-corrected chi connectivity index (χ1v) is 8.55. The Labute approximate surface area is 151 Å². The van der Waals surface area contributed by atoms with Gasteiger partial charge in [-0.15, -0.1) is 0 Å². The number of carbonyl (C=O) groups is 2. The van der Waals surface area contributed by atoms with E-state index in [9.17, 15) is 14.0 Å². The molecule has 1 aliphatic rings. The smallest absolute Gasteiger partial charge is 0.228 e. The summed E-state index contributed by atoms with van der Waals surface area (Å²) in [5.74, 6) is -0.913. The zero-order valence-electron chi connectivity index (χ0n) is 14.5. The standard InChI is InChI=1S/C20H21FN2O3/c1-26-18-9-5-2-6-13(18)10-11-22-19(24)14-12-15(14)20(25)23-17-8-4-3-7-16(17)21/h2-9,14-15H,10-12H2,1H3,(H,22,24)(H,23,25). The number of hydrogen-bond donors (Lipinski definition) is 2. The largest absolute Gasteiger partial charge is 0.496 e. The van der Waals surface area contributed by atoms with Gasteiger partial charge in [-0.1, -0.05) is 30.3 Å². The molecule has 2 N–H and O–H groups in total. The van der Waals surface area contributed by atoms with Gasteiger partial charge in [0, 0.05) is 6.54 Å². The van der Waals surface area contributed by atoms with E-state index in [1.807, 2.05) is 24.3 Å². The van der Waals surface area contributed by atoms with Gasteiger partial charge in [-0.25, -0.2) is 4.39 Å². The van der Waals surface area contributed by atoms with Crippen LogP contribution < -0.4 is 15.4 Å². The maximum absolute atomic E-state index is 13.6. The highest BCUT2D eigenvalue weighted by Crippen LogP contribution is 2.39. The zero-order valence-corrected chi connectivity index (χ0v) is 14.5. The Balaban J connectivity index is 1.45. The first-order valence-electron chi connectivity index (χ1n) is 8.55. The summed E-state index contributed by atoms with van der Waals surface area (Å²) in [6.45, 7) is 0.470. The van der Waals surface area contributed by atoms with Crippen molar-refractivity contribution in [2.45, 2.75) is 12.8 Å². The third kappa shape index (κ3) is 4.20. The molecule has 26 heavy (non-hydrogen) atoms. The van der Waals surface area contributed by atoms with Gasteiger partial charge in [-0.05, 0) is 36.6 Å². The molecule has 0 spiro atoms. The van der Waals surface area contributed by atoms with Crippen LogP contribution in [0.3, 0.4) is 0 Å². The zero-order chi connectivity index (χ0) is 18.5. The molecule has 0 bridgehead atoms. The topological polar surface area (TPSA) is 67.4 Å². The van der Waals surface area contributed by atoms with Crippen molar-refractivity contribution in [1.82, 2.24) is 5.32 Å². The van der Waals surface area contributed by atoms with Crippen molar-refractivity contribution in [1.29, 1.82) is 0 Å². The fraction of sp³-hybridized carbons (Fsp3) is 0.300. The summed E-state index contributed by atoms with van der Waals surface area (Å²) in [5, 5.41) is 5.40. The van der Waals surface area contributed by atoms with Gasteiger partial charge >= 0.3 is 0 Å². The Morgan fingerprint density at radius 2 is 1.77 bits per heavy atom. The van der Waals surface area contributed by atoms with E-state index < -0.39 is 11.7 Å². The van der Waals surface area contributed by atoms with Gasteiger partial charge in [0.05, 0.1) is 24.6 Å². The summed E-state index contributed by atoms with van der Waals surface area (Å²) in [5.41, 5.74) is 1.15. The molecular weight excluding hydrogens is 335 g/mol. The second-order valence-electron chi connectivity index (χ2n) is 6.27. The number of anilines is 1. The maximum Gasteiger partial charge on any atom is 0.228 e. The summed E-state index contributed by atoms with van der Waals surface area (Å²) in [6, 6.07) is 13.6. The SMILES string of the molecule is COc1ccccc1CCNC(=O)C1CC1C(=O)Nc1ccccc1F. The Morgan fingerprint density at radius 3 is 2.54 bits per heavy atom. The molecule has 2 atom stereocenters. The van der Waals surface area contributed by atoms with Crippen molar-refractivity contribution < 1.29 is 18.7 Å². The molecule has 0 aromatic heterocycles. The fourth-order valence-electron chi connectivity index (χ4n) is 2.92. The normalized spacial score (nSPS) is 18.1. The highest BCUT2D eigenvalue weighted by atomic mass is 19.1. The molecule has 1 saturated carbocycles. The molecule has 2 unspecified atom stereocenters. The van der Waals surface area contributed by atoms with E-state index in [4.69, 9.17) is 4.74 Å². The average Bonchev–Trinajstić information content (AvgIpc) is 3.45. The van der Waals surface area contributed by atoms with Gasteiger partial charge in [0.2, 0.25) is 11.8 Å². The number of nitrogens with one attached hydrogen (secondary N) is 2. The van der Waals surface area contributed by atoms with Crippen LogP contribution in [-0.2, 0) is 16.0 Å². The van der Waals surface area contributed by atoms with Crippen LogP contribution in [0.5, 0.6) is 5.75 Å². The molecule has 1 aliphatic carbocycles. The summed E-state index contributed by atoms with van der Waals surface area (Å²) >= 11 is 0. The number of amides is 2. The van der Waals surface area contributed by atoms with E-state index in [1.54, 1.807) is 19.2 Å². The Bertz CT molecular complexity index is 809. The lowest BCUT2D eigenvalue weighted by Gasteiger charge is -2.09. The number of rotatable bonds is 7. The van der Waals surface area contributed by atoms with Crippen molar-refractivity contribution >= 4 is 17.5 Å². The van der Waals surface area contributed by atoms with Gasteiger partial charge < -0.3 is 15.4 Å². The lowest BCUT2D eigenvalue weighted by molar-refractivity contribution is -0.125. The van der Waals surface area contributed by atoms with E-state index in [2.05, 4.69) is 10.6 Å². The second-order valence-corrected chi connectivity index (χ2v) is 6.27. The Hall–Kier alpha value is -2.89. The van der Waals surface area contributed by atoms with Crippen molar-refractivity contribution in [2.24, 2.45) is 11.8 Å². The number of carbonyl (C=O) groups excluding carboxylic acids is 2. The van der Waals surface area contributed by atoms with Crippen LogP contribution in [0, 0.1) is 17.7 Å². The van der Waals surface area contributed by atoms with Crippen LogP contribution in [0.15, 0.2) is 48.5 Å². The number of para-hydroxylation sites is 2. The molecule has 0 aliphatic heterocycles. The maximum atomic E-state index is 13.6. The first-order chi connectivity index (χ1) is 12.6. The van der Waals surface area contributed by atoms with Crippen molar-refractivity contribution in [3.8, 4) is 5.75 Å². The van der Waals surface area contributed by atoms with Gasteiger partial charge in [0.15, 0.2) is 0 Å². The minimum absolute atomic E-state index is 0.139. The monoisotopic (exact) mass is 356 g/mol. The van der Waals surface area contributed by atoms with E-state index in [-0.39, 0.29) is 23.4 Å². The molecule has 0 saturated heterocycles. The predicted octanol–water partition coefficient (Wildman–Crippen LogP) is 2.77. The van der Waals surface area contributed by atoms with Gasteiger partial charge in [-0.2, -0.15) is 0 Å². The van der Waals surface area contributed by atoms with Crippen molar-refractivity contribution in [3.63, 3.8) is 0 Å². The second kappa shape index (κ2) is 7.99. The summed E-state index contributed by atoms with van der Waals surface area (Å²) in [4.78, 5) is 24.3. The molecule has 0 radical (unpaired) electrons. The summed E-state index contributed by atoms with van der Waals surface area (Å²) in [7, 11) is 1.61. The minimum Gasteiger partial charge on any atom is -0.496 e. The Morgan fingerprint density at radius 1 is 1.08 bits per heavy atom. The predicted molar refractivity (Wildman–Crippen MR) is 96.3 cm³/mol. The third-order valence-corrected chi connectivity index (χ3v) is 4.48. The van der Waals surface area contributed by atoms with E-state index in [0.29, 0.717) is 19.4 Å². The average molecular weight is 356 g/mol. The van der Waals surface area contributed by atoms with Gasteiger partial charge in [-0.3, -0.25) is 9.59 Å². The molecule has 2 aromatic carbocycles. The number of hydrogen-bond acceptors (Lipinski definition) is 3. The van der Waals surface area contributed by atoms with Crippen LogP contribution in [0.1, 0.15) is 12.0 Å². The minimum atomic E-state index is -0.487. The highest BCUT2D eigenvalue weighted by Gasteiger charge is 2.48. The fourth-order valence-corrected chi connectivity index (χ4v) is 2.92. The third-order valence-electron chi connectivity index (χ3n) is 4.48. The van der Waals surface area contributed by atoms with Crippen LogP contribution >= 0.6 is 0 Å². The quantitative estimate of drug-likeness (QED) is 0.802. The van der Waals surface area contributed by atoms with Crippen LogP contribution in [-0.4, -0.2) is 25.5 Å². The van der Waals surface area contributed by atoms with E-state index in [1.165, 1.54) is 12.1 Å². The summed E-state index contributed by atoms with van der Waals surface area (Å²) < 4.78 is 18.9. The summed E-state index contributed by atoms with van der Waals surface area (Å²) in [6.07, 6.45) is 1.13. The van der Waals surface area contributed by atoms with E-state index >= 15 is 0 Å². The number of methoxy groups -OCH3 is 1. The van der Waals surface area contributed by atoms with Crippen molar-refractivity contribution in [2.75, 3.05) is 19.0 Å². The molecule has 2 amide bonds. The lowest BCUT2D eigenvalue weighted by Crippen LogP contribution is -2.29. The molecule has 6 heteroatoms. The molecular formula is C20H21FN2O3. The highest BCUT2D eigenvalue weighted by molar-refractivity contribution is 5.99.